The van der Waals surface area contributed by atoms with Crippen LogP contribution in [-0.4, -0.2) is 19.7 Å². The molecule has 3 nitrogen and oxygen atoms in total. The van der Waals surface area contributed by atoms with Crippen LogP contribution in [0, 0.1) is 12.3 Å². The SMILES string of the molecule is C#CC(C)NS(=O)(=O)C(C)C. The predicted molar refractivity (Wildman–Crippen MR) is 45.5 cm³/mol. The molecular formula is C7H13NO2S. The van der Waals surface area contributed by atoms with Gasteiger partial charge in [0.2, 0.25) is 10.0 Å². The molecule has 1 N–H and O–H groups in total. The molecule has 0 aliphatic heterocycles. The highest BCUT2D eigenvalue weighted by molar-refractivity contribution is 7.90. The summed E-state index contributed by atoms with van der Waals surface area (Å²) in [6.45, 7) is 4.83. The summed E-state index contributed by atoms with van der Waals surface area (Å²) < 4.78 is 24.5. The Morgan fingerprint density at radius 3 is 2.09 bits per heavy atom. The maximum Gasteiger partial charge on any atom is 0.215 e. The highest BCUT2D eigenvalue weighted by Gasteiger charge is 2.16. The predicted octanol–water partition coefficient (Wildman–Crippen LogP) is 0.336. The summed E-state index contributed by atoms with van der Waals surface area (Å²) in [6.07, 6.45) is 5.00. The van der Waals surface area contributed by atoms with Gasteiger partial charge in [0.15, 0.2) is 0 Å². The summed E-state index contributed by atoms with van der Waals surface area (Å²) >= 11 is 0. The molecule has 1 atom stereocenters. The van der Waals surface area contributed by atoms with Gasteiger partial charge in [0.25, 0.3) is 0 Å². The molecule has 0 saturated carbocycles. The topological polar surface area (TPSA) is 46.2 Å². The van der Waals surface area contributed by atoms with E-state index >= 15 is 0 Å². The van der Waals surface area contributed by atoms with Crippen LogP contribution in [0.3, 0.4) is 0 Å². The molecule has 0 radical (unpaired) electrons. The van der Waals surface area contributed by atoms with Crippen molar-refractivity contribution >= 4 is 10.0 Å². The monoisotopic (exact) mass is 175 g/mol. The Bertz CT molecular complexity index is 248. The minimum absolute atomic E-state index is 0.428. The van der Waals surface area contributed by atoms with Crippen LogP contribution in [0.25, 0.3) is 0 Å². The summed E-state index contributed by atoms with van der Waals surface area (Å²) in [5.74, 6) is 2.29. The quantitative estimate of drug-likeness (QED) is 0.628. The van der Waals surface area contributed by atoms with Crippen LogP contribution in [0.4, 0.5) is 0 Å². The van der Waals surface area contributed by atoms with Gasteiger partial charge < -0.3 is 0 Å². The zero-order valence-electron chi connectivity index (χ0n) is 6.96. The van der Waals surface area contributed by atoms with Crippen molar-refractivity contribution in [1.29, 1.82) is 0 Å². The first-order valence-electron chi connectivity index (χ1n) is 3.37. The van der Waals surface area contributed by atoms with E-state index < -0.39 is 21.3 Å². The maximum atomic E-state index is 11.1. The van der Waals surface area contributed by atoms with Crippen LogP contribution in [0.15, 0.2) is 0 Å². The van der Waals surface area contributed by atoms with Crippen molar-refractivity contribution in [3.63, 3.8) is 0 Å². The first-order chi connectivity index (χ1) is 4.90. The summed E-state index contributed by atoms with van der Waals surface area (Å²) in [7, 11) is -3.20. The number of hydrogen-bond donors (Lipinski definition) is 1. The molecule has 4 heteroatoms. The Labute approximate surface area is 68.2 Å². The molecule has 0 aromatic heterocycles. The largest absolute Gasteiger partial charge is 0.215 e. The number of rotatable bonds is 3. The average Bonchev–Trinajstić information content (AvgIpc) is 1.86. The van der Waals surface area contributed by atoms with Gasteiger partial charge in [-0.05, 0) is 20.8 Å². The van der Waals surface area contributed by atoms with Crippen molar-refractivity contribution < 1.29 is 8.42 Å². The molecule has 0 rings (SSSR count). The van der Waals surface area contributed by atoms with Gasteiger partial charge in [-0.25, -0.2) is 13.1 Å². The van der Waals surface area contributed by atoms with Crippen molar-refractivity contribution in [3.05, 3.63) is 0 Å². The van der Waals surface area contributed by atoms with Crippen molar-refractivity contribution in [3.8, 4) is 12.3 Å². The van der Waals surface area contributed by atoms with E-state index in [0.29, 0.717) is 0 Å². The molecule has 0 fully saturated rings. The summed E-state index contributed by atoms with van der Waals surface area (Å²) in [6, 6.07) is -0.428. The number of hydrogen-bond acceptors (Lipinski definition) is 2. The van der Waals surface area contributed by atoms with Crippen LogP contribution >= 0.6 is 0 Å². The zero-order chi connectivity index (χ0) is 9.07. The molecule has 0 saturated heterocycles. The second-order valence-corrected chi connectivity index (χ2v) is 4.87. The Kier molecular flexibility index (Phi) is 3.56. The molecule has 0 heterocycles. The third kappa shape index (κ3) is 3.40. The first kappa shape index (κ1) is 10.5. The van der Waals surface area contributed by atoms with Crippen molar-refractivity contribution in [2.45, 2.75) is 32.1 Å². The van der Waals surface area contributed by atoms with Crippen molar-refractivity contribution in [1.82, 2.24) is 4.72 Å². The standard InChI is InChI=1S/C7H13NO2S/c1-5-7(4)8-11(9,10)6(2)3/h1,6-8H,2-4H3. The van der Waals surface area contributed by atoms with E-state index in [-0.39, 0.29) is 0 Å². The minimum atomic E-state index is -3.20. The molecule has 0 aromatic carbocycles. The average molecular weight is 175 g/mol. The lowest BCUT2D eigenvalue weighted by Crippen LogP contribution is -2.36. The van der Waals surface area contributed by atoms with Crippen LogP contribution in [0.1, 0.15) is 20.8 Å². The lowest BCUT2D eigenvalue weighted by Gasteiger charge is -2.10. The van der Waals surface area contributed by atoms with E-state index in [1.807, 2.05) is 0 Å². The highest BCUT2D eigenvalue weighted by atomic mass is 32.2. The van der Waals surface area contributed by atoms with Gasteiger partial charge in [-0.1, -0.05) is 5.92 Å². The van der Waals surface area contributed by atoms with Gasteiger partial charge in [0.1, 0.15) is 0 Å². The summed E-state index contributed by atoms with van der Waals surface area (Å²) in [5.41, 5.74) is 0. The van der Waals surface area contributed by atoms with E-state index in [9.17, 15) is 8.42 Å². The second-order valence-electron chi connectivity index (χ2n) is 2.60. The zero-order valence-corrected chi connectivity index (χ0v) is 7.77. The minimum Gasteiger partial charge on any atom is -0.212 e. The Hall–Kier alpha value is -0.530. The Balaban J connectivity index is 4.29. The lowest BCUT2D eigenvalue weighted by molar-refractivity contribution is 0.568. The molecule has 0 aliphatic carbocycles. The molecular weight excluding hydrogens is 162 g/mol. The fourth-order valence-corrected chi connectivity index (χ4v) is 1.25. The fourth-order valence-electron chi connectivity index (χ4n) is 0.417. The van der Waals surface area contributed by atoms with E-state index in [0.717, 1.165) is 0 Å². The van der Waals surface area contributed by atoms with E-state index in [4.69, 9.17) is 6.42 Å². The molecule has 0 amide bonds. The molecule has 1 unspecified atom stereocenters. The third-order valence-electron chi connectivity index (χ3n) is 1.21. The number of nitrogens with one attached hydrogen (secondary N) is 1. The van der Waals surface area contributed by atoms with Gasteiger partial charge in [0, 0.05) is 0 Å². The normalized spacial score (nSPS) is 14.5. The van der Waals surface area contributed by atoms with Crippen LogP contribution in [-0.2, 0) is 10.0 Å². The van der Waals surface area contributed by atoms with Crippen molar-refractivity contribution in [2.75, 3.05) is 0 Å². The third-order valence-corrected chi connectivity index (χ3v) is 3.13. The molecule has 0 bridgehead atoms. The van der Waals surface area contributed by atoms with Crippen LogP contribution in [0.2, 0.25) is 0 Å². The van der Waals surface area contributed by atoms with E-state index in [1.165, 1.54) is 0 Å². The molecule has 0 aliphatic rings. The highest BCUT2D eigenvalue weighted by Crippen LogP contribution is 1.96. The molecule has 11 heavy (non-hydrogen) atoms. The van der Waals surface area contributed by atoms with Gasteiger partial charge in [-0.3, -0.25) is 0 Å². The maximum absolute atomic E-state index is 11.1. The lowest BCUT2D eigenvalue weighted by atomic mass is 10.4. The molecule has 64 valence electrons. The smallest absolute Gasteiger partial charge is 0.212 e. The van der Waals surface area contributed by atoms with Crippen LogP contribution in [0.5, 0.6) is 0 Å². The Morgan fingerprint density at radius 1 is 1.36 bits per heavy atom. The van der Waals surface area contributed by atoms with Gasteiger partial charge in [-0.15, -0.1) is 6.42 Å². The van der Waals surface area contributed by atoms with E-state index in [1.54, 1.807) is 20.8 Å². The number of sulfonamides is 1. The van der Waals surface area contributed by atoms with Gasteiger partial charge in [-0.2, -0.15) is 0 Å². The number of terminal acetylenes is 1. The first-order valence-corrected chi connectivity index (χ1v) is 4.92. The Morgan fingerprint density at radius 2 is 1.82 bits per heavy atom. The fraction of sp³-hybridized carbons (Fsp3) is 0.714. The summed E-state index contributed by atoms with van der Waals surface area (Å²) in [4.78, 5) is 0. The van der Waals surface area contributed by atoms with Gasteiger partial charge >= 0.3 is 0 Å². The summed E-state index contributed by atoms with van der Waals surface area (Å²) in [5, 5.41) is -0.432. The molecule has 0 spiro atoms. The van der Waals surface area contributed by atoms with Gasteiger partial charge in [0.05, 0.1) is 11.3 Å². The van der Waals surface area contributed by atoms with Crippen molar-refractivity contribution in [2.24, 2.45) is 0 Å². The molecule has 0 aromatic rings. The second kappa shape index (κ2) is 3.74. The van der Waals surface area contributed by atoms with Crippen LogP contribution < -0.4 is 4.72 Å². The van der Waals surface area contributed by atoms with E-state index in [2.05, 4.69) is 10.6 Å².